The molecule has 0 saturated heterocycles. The van der Waals surface area contributed by atoms with Gasteiger partial charge in [0.15, 0.2) is 0 Å². The number of ether oxygens (including phenoxy) is 1. The molecule has 2 rings (SSSR count). The lowest BCUT2D eigenvalue weighted by Gasteiger charge is -2.28. The molecular formula is C17H24Cl2N2O2. The van der Waals surface area contributed by atoms with Crippen molar-refractivity contribution >= 4 is 29.3 Å². The highest BCUT2D eigenvalue weighted by atomic mass is 35.5. The van der Waals surface area contributed by atoms with Crippen LogP contribution in [0.2, 0.25) is 10.0 Å². The Morgan fingerprint density at radius 2 is 2.00 bits per heavy atom. The van der Waals surface area contributed by atoms with Crippen molar-refractivity contribution in [3.8, 4) is 0 Å². The third-order valence-corrected chi connectivity index (χ3v) is 4.39. The maximum Gasteiger partial charge on any atom is 0.410 e. The average molecular weight is 359 g/mol. The predicted octanol–water partition coefficient (Wildman–Crippen LogP) is 4.39. The fourth-order valence-electron chi connectivity index (χ4n) is 2.37. The van der Waals surface area contributed by atoms with E-state index in [2.05, 4.69) is 0 Å². The molecule has 1 amide bonds. The van der Waals surface area contributed by atoms with Gasteiger partial charge in [-0.05, 0) is 63.8 Å². The summed E-state index contributed by atoms with van der Waals surface area (Å²) in [5, 5.41) is 0.981. The molecule has 1 saturated carbocycles. The van der Waals surface area contributed by atoms with Gasteiger partial charge in [0, 0.05) is 6.04 Å². The van der Waals surface area contributed by atoms with Crippen LogP contribution in [0.3, 0.4) is 0 Å². The van der Waals surface area contributed by atoms with Gasteiger partial charge in [0.1, 0.15) is 5.60 Å². The quantitative estimate of drug-likeness (QED) is 0.848. The number of carbonyl (C=O) groups excluding carboxylic acids is 1. The number of nitrogens with two attached hydrogens (primary N) is 1. The molecule has 0 spiro atoms. The van der Waals surface area contributed by atoms with Crippen LogP contribution in [0.15, 0.2) is 12.1 Å². The van der Waals surface area contributed by atoms with Crippen molar-refractivity contribution < 1.29 is 9.53 Å². The summed E-state index contributed by atoms with van der Waals surface area (Å²) in [6, 6.07) is 4.02. The molecule has 1 aromatic carbocycles. The Morgan fingerprint density at radius 1 is 1.35 bits per heavy atom. The molecule has 1 aromatic rings. The number of benzene rings is 1. The molecular weight excluding hydrogens is 335 g/mol. The second-order valence-electron chi connectivity index (χ2n) is 6.93. The van der Waals surface area contributed by atoms with Gasteiger partial charge in [0.05, 0.1) is 16.6 Å². The molecule has 0 aromatic heterocycles. The third kappa shape index (κ3) is 5.27. The fraction of sp³-hybridized carbons (Fsp3) is 0.588. The average Bonchev–Trinajstić information content (AvgIpc) is 3.23. The maximum atomic E-state index is 12.5. The largest absolute Gasteiger partial charge is 0.444 e. The van der Waals surface area contributed by atoms with Crippen molar-refractivity contribution in [1.29, 1.82) is 0 Å². The number of rotatable bonds is 5. The summed E-state index contributed by atoms with van der Waals surface area (Å²) >= 11 is 12.5. The van der Waals surface area contributed by atoms with Crippen LogP contribution < -0.4 is 5.73 Å². The summed E-state index contributed by atoms with van der Waals surface area (Å²) in [7, 11) is 0. The van der Waals surface area contributed by atoms with Crippen LogP contribution in [0, 0.1) is 0 Å². The first kappa shape index (κ1) is 18.4. The summed E-state index contributed by atoms with van der Waals surface area (Å²) in [6.45, 7) is 6.53. The lowest BCUT2D eigenvalue weighted by Crippen LogP contribution is -2.37. The van der Waals surface area contributed by atoms with Crippen LogP contribution in [0.5, 0.6) is 0 Å². The SMILES string of the molecule is CC(C)(C)OC(=O)N(Cc1cc(CCN)cc(Cl)c1Cl)C1CC1. The Morgan fingerprint density at radius 3 is 2.52 bits per heavy atom. The monoisotopic (exact) mass is 358 g/mol. The first-order valence-electron chi connectivity index (χ1n) is 7.87. The molecule has 0 radical (unpaired) electrons. The first-order valence-corrected chi connectivity index (χ1v) is 8.63. The van der Waals surface area contributed by atoms with E-state index in [1.807, 2.05) is 32.9 Å². The smallest absolute Gasteiger partial charge is 0.410 e. The van der Waals surface area contributed by atoms with Gasteiger partial charge in [-0.2, -0.15) is 0 Å². The minimum atomic E-state index is -0.521. The predicted molar refractivity (Wildman–Crippen MR) is 94.0 cm³/mol. The molecule has 23 heavy (non-hydrogen) atoms. The Kier molecular flexibility index (Phi) is 5.82. The number of amides is 1. The molecule has 0 unspecified atom stereocenters. The van der Waals surface area contributed by atoms with E-state index in [1.54, 1.807) is 4.90 Å². The lowest BCUT2D eigenvalue weighted by atomic mass is 10.1. The Hall–Kier alpha value is -0.970. The Labute approximate surface area is 147 Å². The standard InChI is InChI=1S/C17H24Cl2N2O2/c1-17(2,3)23-16(22)21(13-4-5-13)10-12-8-11(6-7-20)9-14(18)15(12)19/h8-9,13H,4-7,10,20H2,1-3H3. The minimum Gasteiger partial charge on any atom is -0.444 e. The fourth-order valence-corrected chi connectivity index (χ4v) is 2.80. The molecule has 2 N–H and O–H groups in total. The van der Waals surface area contributed by atoms with Gasteiger partial charge in [-0.1, -0.05) is 29.3 Å². The van der Waals surface area contributed by atoms with Gasteiger partial charge in [0.25, 0.3) is 0 Å². The minimum absolute atomic E-state index is 0.220. The summed E-state index contributed by atoms with van der Waals surface area (Å²) in [6.07, 6.45) is 2.40. The zero-order chi connectivity index (χ0) is 17.2. The van der Waals surface area contributed by atoms with Crippen molar-refractivity contribution in [3.63, 3.8) is 0 Å². The first-order chi connectivity index (χ1) is 10.7. The number of nitrogens with zero attached hydrogens (tertiary/aromatic N) is 1. The van der Waals surface area contributed by atoms with E-state index >= 15 is 0 Å². The lowest BCUT2D eigenvalue weighted by molar-refractivity contribution is 0.0217. The number of halogens is 2. The van der Waals surface area contributed by atoms with Crippen molar-refractivity contribution in [2.45, 2.75) is 58.2 Å². The van der Waals surface area contributed by atoms with E-state index in [1.165, 1.54) is 0 Å². The second kappa shape index (κ2) is 7.29. The normalized spacial score (nSPS) is 14.7. The zero-order valence-corrected chi connectivity index (χ0v) is 15.4. The number of hydrogen-bond donors (Lipinski definition) is 1. The van der Waals surface area contributed by atoms with Gasteiger partial charge in [-0.3, -0.25) is 0 Å². The van der Waals surface area contributed by atoms with Crippen LogP contribution >= 0.6 is 23.2 Å². The molecule has 0 heterocycles. The van der Waals surface area contributed by atoms with E-state index < -0.39 is 5.60 Å². The highest BCUT2D eigenvalue weighted by Crippen LogP contribution is 2.34. The molecule has 128 valence electrons. The molecule has 1 aliphatic carbocycles. The van der Waals surface area contributed by atoms with Gasteiger partial charge in [-0.25, -0.2) is 4.79 Å². The molecule has 0 bridgehead atoms. The molecule has 1 fully saturated rings. The zero-order valence-electron chi connectivity index (χ0n) is 13.9. The number of carbonyl (C=O) groups is 1. The van der Waals surface area contributed by atoms with Gasteiger partial charge >= 0.3 is 6.09 Å². The van der Waals surface area contributed by atoms with Crippen molar-refractivity contribution in [2.24, 2.45) is 5.73 Å². The van der Waals surface area contributed by atoms with Crippen molar-refractivity contribution in [2.75, 3.05) is 6.54 Å². The van der Waals surface area contributed by atoms with E-state index in [-0.39, 0.29) is 12.1 Å². The summed E-state index contributed by atoms with van der Waals surface area (Å²) in [5.41, 5.74) is 6.95. The van der Waals surface area contributed by atoms with Crippen molar-refractivity contribution in [1.82, 2.24) is 4.90 Å². The Balaban J connectivity index is 2.21. The van der Waals surface area contributed by atoms with E-state index in [4.69, 9.17) is 33.7 Å². The van der Waals surface area contributed by atoms with Crippen LogP contribution in [-0.2, 0) is 17.7 Å². The summed E-state index contributed by atoms with van der Waals surface area (Å²) < 4.78 is 5.51. The van der Waals surface area contributed by atoms with Gasteiger partial charge < -0.3 is 15.4 Å². The van der Waals surface area contributed by atoms with Crippen molar-refractivity contribution in [3.05, 3.63) is 33.3 Å². The van der Waals surface area contributed by atoms with Crippen LogP contribution in [0.25, 0.3) is 0 Å². The molecule has 4 nitrogen and oxygen atoms in total. The van der Waals surface area contributed by atoms with Crippen LogP contribution in [0.1, 0.15) is 44.7 Å². The topological polar surface area (TPSA) is 55.6 Å². The third-order valence-electron chi connectivity index (χ3n) is 3.55. The molecule has 6 heteroatoms. The molecule has 0 aliphatic heterocycles. The number of hydrogen-bond acceptors (Lipinski definition) is 3. The molecule has 1 aliphatic rings. The maximum absolute atomic E-state index is 12.5. The van der Waals surface area contributed by atoms with E-state index in [0.717, 1.165) is 30.4 Å². The summed E-state index contributed by atoms with van der Waals surface area (Å²) in [4.78, 5) is 14.2. The highest BCUT2D eigenvalue weighted by molar-refractivity contribution is 6.42. The second-order valence-corrected chi connectivity index (χ2v) is 7.71. The van der Waals surface area contributed by atoms with Crippen LogP contribution in [0.4, 0.5) is 4.79 Å². The van der Waals surface area contributed by atoms with Gasteiger partial charge in [-0.15, -0.1) is 0 Å². The van der Waals surface area contributed by atoms with Gasteiger partial charge in [0.2, 0.25) is 0 Å². The molecule has 0 atom stereocenters. The van der Waals surface area contributed by atoms with Crippen LogP contribution in [-0.4, -0.2) is 29.2 Å². The summed E-state index contributed by atoms with van der Waals surface area (Å²) in [5.74, 6) is 0. The van der Waals surface area contributed by atoms with E-state index in [0.29, 0.717) is 23.1 Å². The Bertz CT molecular complexity index is 581. The van der Waals surface area contributed by atoms with E-state index in [9.17, 15) is 4.79 Å². The highest BCUT2D eigenvalue weighted by Gasteiger charge is 2.35.